The van der Waals surface area contributed by atoms with Crippen molar-refractivity contribution in [3.63, 3.8) is 0 Å². The Bertz CT molecular complexity index is 87.4. The van der Waals surface area contributed by atoms with E-state index in [2.05, 4.69) is 6.92 Å². The van der Waals surface area contributed by atoms with Crippen LogP contribution in [0.15, 0.2) is 0 Å². The molecular formula is C8H16N2. The fraction of sp³-hybridized carbons (Fsp3) is 0.750. The van der Waals surface area contributed by atoms with Crippen molar-refractivity contribution in [2.24, 2.45) is 5.92 Å². The van der Waals surface area contributed by atoms with Gasteiger partial charge in [0.25, 0.3) is 0 Å². The molecule has 0 atom stereocenters. The average molecular weight is 140 g/mol. The molecule has 2 nitrogen and oxygen atoms in total. The Hall–Kier alpha value is -0.660. The van der Waals surface area contributed by atoms with E-state index in [9.17, 15) is 0 Å². The van der Waals surface area contributed by atoms with Crippen LogP contribution in [0.4, 0.5) is 0 Å². The fourth-order valence-corrected chi connectivity index (χ4v) is 0.880. The summed E-state index contributed by atoms with van der Waals surface area (Å²) < 4.78 is 0. The highest BCUT2D eigenvalue weighted by Crippen LogP contribution is 2.09. The van der Waals surface area contributed by atoms with E-state index in [1.165, 1.54) is 12.4 Å². The molecule has 58 valence electrons. The van der Waals surface area contributed by atoms with Gasteiger partial charge < -0.3 is 10.8 Å². The summed E-state index contributed by atoms with van der Waals surface area (Å²) >= 11 is 0. The van der Waals surface area contributed by atoms with E-state index in [1.807, 2.05) is 0 Å². The van der Waals surface area contributed by atoms with Crippen molar-refractivity contribution in [2.45, 2.75) is 32.6 Å². The highest BCUT2D eigenvalue weighted by molar-refractivity contribution is 5.53. The van der Waals surface area contributed by atoms with Gasteiger partial charge in [-0.25, -0.2) is 0 Å². The predicted octanol–water partition coefficient (Wildman–Crippen LogP) is 2.48. The number of rotatable bonds is 6. The summed E-state index contributed by atoms with van der Waals surface area (Å²) in [6.07, 6.45) is 6.88. The van der Waals surface area contributed by atoms with Gasteiger partial charge in [-0.2, -0.15) is 0 Å². The van der Waals surface area contributed by atoms with Crippen molar-refractivity contribution in [3.05, 3.63) is 0 Å². The van der Waals surface area contributed by atoms with Gasteiger partial charge in [0.15, 0.2) is 0 Å². The van der Waals surface area contributed by atoms with Crippen molar-refractivity contribution in [1.29, 1.82) is 10.8 Å². The van der Waals surface area contributed by atoms with Crippen LogP contribution in [0.25, 0.3) is 0 Å². The SMILES string of the molecule is CC(CCC=N)CCC=N. The Balaban J connectivity index is 3.15. The minimum absolute atomic E-state index is 0.670. The number of hydrogen-bond donors (Lipinski definition) is 2. The molecule has 0 heterocycles. The summed E-state index contributed by atoms with van der Waals surface area (Å²) in [5.74, 6) is 0.670. The molecule has 0 radical (unpaired) electrons. The Morgan fingerprint density at radius 2 is 1.50 bits per heavy atom. The highest BCUT2D eigenvalue weighted by Gasteiger charge is 1.98. The normalized spacial score (nSPS) is 12.5. The summed E-state index contributed by atoms with van der Waals surface area (Å²) in [7, 11) is 0. The first-order chi connectivity index (χ1) is 4.81. The molecule has 0 aliphatic rings. The van der Waals surface area contributed by atoms with Gasteiger partial charge in [0.1, 0.15) is 0 Å². The third kappa shape index (κ3) is 5.48. The average Bonchev–Trinajstić information content (AvgIpc) is 1.97. The molecule has 0 aliphatic heterocycles. The molecule has 0 aromatic rings. The van der Waals surface area contributed by atoms with Gasteiger partial charge in [0.2, 0.25) is 0 Å². The van der Waals surface area contributed by atoms with Crippen LogP contribution in [0.1, 0.15) is 32.6 Å². The molecule has 0 fully saturated rings. The van der Waals surface area contributed by atoms with Crippen LogP contribution < -0.4 is 0 Å². The topological polar surface area (TPSA) is 47.7 Å². The van der Waals surface area contributed by atoms with Gasteiger partial charge in [-0.1, -0.05) is 6.92 Å². The van der Waals surface area contributed by atoms with E-state index in [-0.39, 0.29) is 0 Å². The fourth-order valence-electron chi connectivity index (χ4n) is 0.880. The zero-order valence-electron chi connectivity index (χ0n) is 6.56. The highest BCUT2D eigenvalue weighted by atomic mass is 14.3. The largest absolute Gasteiger partial charge is 0.313 e. The van der Waals surface area contributed by atoms with E-state index in [0.29, 0.717) is 5.92 Å². The molecule has 0 saturated heterocycles. The Morgan fingerprint density at radius 1 is 1.10 bits per heavy atom. The predicted molar refractivity (Wildman–Crippen MR) is 45.2 cm³/mol. The maximum Gasteiger partial charge on any atom is -0.00476 e. The molecule has 0 aromatic heterocycles. The van der Waals surface area contributed by atoms with E-state index in [1.54, 1.807) is 0 Å². The van der Waals surface area contributed by atoms with Crippen LogP contribution in [0.3, 0.4) is 0 Å². The zero-order valence-corrected chi connectivity index (χ0v) is 6.56. The van der Waals surface area contributed by atoms with Crippen LogP contribution in [-0.4, -0.2) is 12.4 Å². The van der Waals surface area contributed by atoms with Gasteiger partial charge >= 0.3 is 0 Å². The van der Waals surface area contributed by atoms with Gasteiger partial charge in [-0.3, -0.25) is 0 Å². The summed E-state index contributed by atoms with van der Waals surface area (Å²) in [6, 6.07) is 0. The lowest BCUT2D eigenvalue weighted by atomic mass is 10.0. The molecule has 2 heteroatoms. The van der Waals surface area contributed by atoms with Gasteiger partial charge in [0, 0.05) is 0 Å². The van der Waals surface area contributed by atoms with E-state index in [0.717, 1.165) is 25.7 Å². The third-order valence-corrected chi connectivity index (χ3v) is 1.61. The lowest BCUT2D eigenvalue weighted by Gasteiger charge is -2.05. The molecule has 0 amide bonds. The number of nitrogens with one attached hydrogen (secondary N) is 2. The number of hydrogen-bond acceptors (Lipinski definition) is 2. The summed E-state index contributed by atoms with van der Waals surface area (Å²) in [5, 5.41) is 13.6. The molecule has 0 aromatic carbocycles. The Morgan fingerprint density at radius 3 is 1.80 bits per heavy atom. The van der Waals surface area contributed by atoms with Crippen molar-refractivity contribution in [2.75, 3.05) is 0 Å². The summed E-state index contributed by atoms with van der Waals surface area (Å²) in [4.78, 5) is 0. The molecule has 0 saturated carbocycles. The standard InChI is InChI=1S/C8H16N2/c1-8(4-2-6-9)5-3-7-10/h6-10H,2-5H2,1H3. The lowest BCUT2D eigenvalue weighted by molar-refractivity contribution is 0.516. The van der Waals surface area contributed by atoms with Crippen LogP contribution in [0.2, 0.25) is 0 Å². The van der Waals surface area contributed by atoms with Crippen molar-refractivity contribution < 1.29 is 0 Å². The summed E-state index contributed by atoms with van der Waals surface area (Å²) in [5.41, 5.74) is 0. The third-order valence-electron chi connectivity index (χ3n) is 1.61. The second kappa shape index (κ2) is 6.46. The first kappa shape index (κ1) is 9.34. The van der Waals surface area contributed by atoms with Crippen LogP contribution in [0.5, 0.6) is 0 Å². The molecule has 0 rings (SSSR count). The molecule has 2 N–H and O–H groups in total. The smallest absolute Gasteiger partial charge is 0.00476 e. The van der Waals surface area contributed by atoms with Crippen LogP contribution in [-0.2, 0) is 0 Å². The van der Waals surface area contributed by atoms with Crippen LogP contribution in [0, 0.1) is 16.7 Å². The molecule has 0 bridgehead atoms. The first-order valence-corrected chi connectivity index (χ1v) is 3.79. The minimum atomic E-state index is 0.670. The maximum atomic E-state index is 6.80. The monoisotopic (exact) mass is 140 g/mol. The van der Waals surface area contributed by atoms with E-state index < -0.39 is 0 Å². The maximum absolute atomic E-state index is 6.80. The van der Waals surface area contributed by atoms with E-state index >= 15 is 0 Å². The molecule has 0 aliphatic carbocycles. The quantitative estimate of drug-likeness (QED) is 0.532. The van der Waals surface area contributed by atoms with Crippen LogP contribution >= 0.6 is 0 Å². The second-order valence-corrected chi connectivity index (χ2v) is 2.67. The Kier molecular flexibility index (Phi) is 6.03. The molecule has 0 unspecified atom stereocenters. The molecule has 10 heavy (non-hydrogen) atoms. The van der Waals surface area contributed by atoms with Gasteiger partial charge in [0.05, 0.1) is 0 Å². The van der Waals surface area contributed by atoms with Gasteiger partial charge in [-0.05, 0) is 44.0 Å². The van der Waals surface area contributed by atoms with Crippen molar-refractivity contribution in [1.82, 2.24) is 0 Å². The second-order valence-electron chi connectivity index (χ2n) is 2.67. The lowest BCUT2D eigenvalue weighted by Crippen LogP contribution is -1.94. The first-order valence-electron chi connectivity index (χ1n) is 3.79. The van der Waals surface area contributed by atoms with Crippen molar-refractivity contribution >= 4 is 12.4 Å². The van der Waals surface area contributed by atoms with Crippen molar-refractivity contribution in [3.8, 4) is 0 Å². The molecule has 0 spiro atoms. The molecular weight excluding hydrogens is 124 g/mol. The summed E-state index contributed by atoms with van der Waals surface area (Å²) in [6.45, 7) is 2.17. The zero-order chi connectivity index (χ0) is 7.82. The minimum Gasteiger partial charge on any atom is -0.313 e. The van der Waals surface area contributed by atoms with Gasteiger partial charge in [-0.15, -0.1) is 0 Å². The van der Waals surface area contributed by atoms with E-state index in [4.69, 9.17) is 10.8 Å². The Labute approximate surface area is 62.7 Å².